The zero-order valence-electron chi connectivity index (χ0n) is 12.0. The second kappa shape index (κ2) is 6.59. The maximum absolute atomic E-state index is 13.9. The SMILES string of the molecule is Nc1nccc(Oc2ccc(NC(=O)C(F)(F)F)cc2F)c1[N+](=O)[O-]. The lowest BCUT2D eigenvalue weighted by Gasteiger charge is -2.11. The van der Waals surface area contributed by atoms with Crippen molar-refractivity contribution in [3.05, 3.63) is 46.4 Å². The Balaban J connectivity index is 2.27. The van der Waals surface area contributed by atoms with Crippen LogP contribution < -0.4 is 15.8 Å². The van der Waals surface area contributed by atoms with Crippen molar-refractivity contribution in [3.8, 4) is 11.5 Å². The Morgan fingerprint density at radius 1 is 1.28 bits per heavy atom. The van der Waals surface area contributed by atoms with Crippen molar-refractivity contribution in [3.63, 3.8) is 0 Å². The number of nitrogens with two attached hydrogens (primary N) is 1. The molecule has 1 aromatic heterocycles. The number of nitrogens with one attached hydrogen (secondary N) is 1. The summed E-state index contributed by atoms with van der Waals surface area (Å²) in [5.41, 5.74) is 4.18. The van der Waals surface area contributed by atoms with Gasteiger partial charge in [0.2, 0.25) is 11.6 Å². The zero-order valence-corrected chi connectivity index (χ0v) is 12.0. The Kier molecular flexibility index (Phi) is 4.72. The molecule has 132 valence electrons. The fourth-order valence-electron chi connectivity index (χ4n) is 1.70. The van der Waals surface area contributed by atoms with Crippen LogP contribution in [0.2, 0.25) is 0 Å². The van der Waals surface area contributed by atoms with E-state index in [4.69, 9.17) is 10.5 Å². The van der Waals surface area contributed by atoms with Gasteiger partial charge in [0, 0.05) is 24.0 Å². The van der Waals surface area contributed by atoms with Crippen molar-refractivity contribution in [2.45, 2.75) is 6.18 Å². The molecule has 0 aliphatic rings. The van der Waals surface area contributed by atoms with Gasteiger partial charge in [-0.3, -0.25) is 14.9 Å². The number of carbonyl (C=O) groups is 1. The summed E-state index contributed by atoms with van der Waals surface area (Å²) in [7, 11) is 0. The van der Waals surface area contributed by atoms with Crippen molar-refractivity contribution in [1.82, 2.24) is 4.98 Å². The molecule has 0 aliphatic heterocycles. The monoisotopic (exact) mass is 360 g/mol. The molecule has 0 spiro atoms. The van der Waals surface area contributed by atoms with Crippen LogP contribution in [0.15, 0.2) is 30.5 Å². The van der Waals surface area contributed by atoms with E-state index in [0.29, 0.717) is 6.07 Å². The van der Waals surface area contributed by atoms with E-state index in [1.54, 1.807) is 0 Å². The third-order valence-electron chi connectivity index (χ3n) is 2.77. The van der Waals surface area contributed by atoms with Crippen LogP contribution in [0.25, 0.3) is 0 Å². The standard InChI is InChI=1S/C13H8F4N4O4/c14-7-5-6(20-12(22)13(15,16)17)1-2-8(7)25-9-3-4-19-11(18)10(9)21(23)24/h1-5H,(H2,18,19)(H,20,22). The Bertz CT molecular complexity index is 841. The van der Waals surface area contributed by atoms with E-state index in [0.717, 1.165) is 24.4 Å². The lowest BCUT2D eigenvalue weighted by atomic mass is 10.2. The van der Waals surface area contributed by atoms with Crippen molar-refractivity contribution < 1.29 is 32.0 Å². The molecule has 8 nitrogen and oxygen atoms in total. The van der Waals surface area contributed by atoms with Gasteiger partial charge in [0.05, 0.1) is 4.92 Å². The highest BCUT2D eigenvalue weighted by Gasteiger charge is 2.38. The number of ether oxygens (including phenoxy) is 1. The van der Waals surface area contributed by atoms with Crippen molar-refractivity contribution in [2.24, 2.45) is 0 Å². The van der Waals surface area contributed by atoms with Gasteiger partial charge in [0.25, 0.3) is 0 Å². The van der Waals surface area contributed by atoms with Gasteiger partial charge in [-0.1, -0.05) is 0 Å². The number of hydrogen-bond acceptors (Lipinski definition) is 6. The summed E-state index contributed by atoms with van der Waals surface area (Å²) >= 11 is 0. The summed E-state index contributed by atoms with van der Waals surface area (Å²) in [6, 6.07) is 3.45. The molecule has 0 unspecified atom stereocenters. The van der Waals surface area contributed by atoms with Gasteiger partial charge in [-0.25, -0.2) is 9.37 Å². The molecule has 0 radical (unpaired) electrons. The van der Waals surface area contributed by atoms with E-state index in [1.165, 1.54) is 5.32 Å². The second-order valence-electron chi connectivity index (χ2n) is 4.50. The average molecular weight is 360 g/mol. The van der Waals surface area contributed by atoms with Gasteiger partial charge < -0.3 is 15.8 Å². The molecule has 0 bridgehead atoms. The van der Waals surface area contributed by atoms with Gasteiger partial charge in [-0.2, -0.15) is 13.2 Å². The largest absolute Gasteiger partial charge is 0.471 e. The Hall–Kier alpha value is -3.44. The van der Waals surface area contributed by atoms with E-state index < -0.39 is 51.5 Å². The van der Waals surface area contributed by atoms with Crippen LogP contribution in [0.4, 0.5) is 34.8 Å². The molecule has 2 rings (SSSR count). The van der Waals surface area contributed by atoms with Crippen LogP contribution >= 0.6 is 0 Å². The number of anilines is 2. The number of rotatable bonds is 4. The number of hydrogen-bond donors (Lipinski definition) is 2. The first-order valence-electron chi connectivity index (χ1n) is 6.34. The number of pyridine rings is 1. The maximum atomic E-state index is 13.9. The lowest BCUT2D eigenvalue weighted by Crippen LogP contribution is -2.29. The molecule has 0 atom stereocenters. The van der Waals surface area contributed by atoms with Crippen molar-refractivity contribution in [1.29, 1.82) is 0 Å². The summed E-state index contributed by atoms with van der Waals surface area (Å²) in [6.07, 6.45) is -4.05. The number of aromatic nitrogens is 1. The minimum Gasteiger partial charge on any atom is -0.447 e. The number of halogens is 4. The molecule has 0 saturated heterocycles. The fraction of sp³-hybridized carbons (Fsp3) is 0.0769. The number of nitro groups is 1. The summed E-state index contributed by atoms with van der Waals surface area (Å²) in [6.45, 7) is 0. The smallest absolute Gasteiger partial charge is 0.447 e. The van der Waals surface area contributed by atoms with Crippen LogP contribution in [0.3, 0.4) is 0 Å². The van der Waals surface area contributed by atoms with Gasteiger partial charge in [0.15, 0.2) is 11.6 Å². The van der Waals surface area contributed by atoms with Crippen LogP contribution in [0, 0.1) is 15.9 Å². The van der Waals surface area contributed by atoms with Gasteiger partial charge in [-0.15, -0.1) is 0 Å². The predicted octanol–water partition coefficient (Wildman–Crippen LogP) is 3.00. The van der Waals surface area contributed by atoms with E-state index in [2.05, 4.69) is 4.98 Å². The number of amides is 1. The summed E-state index contributed by atoms with van der Waals surface area (Å²) in [4.78, 5) is 24.4. The minimum absolute atomic E-state index is 0.413. The topological polar surface area (TPSA) is 120 Å². The molecule has 0 fully saturated rings. The average Bonchev–Trinajstić information content (AvgIpc) is 2.48. The number of alkyl halides is 3. The molecule has 0 saturated carbocycles. The number of carbonyl (C=O) groups excluding carboxylic acids is 1. The maximum Gasteiger partial charge on any atom is 0.471 e. The number of nitrogens with zero attached hydrogens (tertiary/aromatic N) is 2. The number of nitrogen functional groups attached to an aromatic ring is 1. The van der Waals surface area contributed by atoms with E-state index in [1.807, 2.05) is 0 Å². The quantitative estimate of drug-likeness (QED) is 0.491. The van der Waals surface area contributed by atoms with E-state index >= 15 is 0 Å². The summed E-state index contributed by atoms with van der Waals surface area (Å²) in [5.74, 6) is -4.85. The number of benzene rings is 1. The van der Waals surface area contributed by atoms with Crippen LogP contribution in [0.1, 0.15) is 0 Å². The summed E-state index contributed by atoms with van der Waals surface area (Å²) in [5, 5.41) is 12.4. The molecule has 2 aromatic rings. The first-order valence-corrected chi connectivity index (χ1v) is 6.34. The van der Waals surface area contributed by atoms with Gasteiger partial charge in [0.1, 0.15) is 0 Å². The first-order chi connectivity index (χ1) is 11.6. The molecule has 25 heavy (non-hydrogen) atoms. The molecule has 0 aliphatic carbocycles. The zero-order chi connectivity index (χ0) is 18.8. The Morgan fingerprint density at radius 3 is 2.52 bits per heavy atom. The van der Waals surface area contributed by atoms with E-state index in [-0.39, 0.29) is 0 Å². The van der Waals surface area contributed by atoms with Gasteiger partial charge >= 0.3 is 17.8 Å². The molecule has 1 amide bonds. The highest BCUT2D eigenvalue weighted by atomic mass is 19.4. The third kappa shape index (κ3) is 4.10. The van der Waals surface area contributed by atoms with Crippen LogP contribution in [0.5, 0.6) is 11.5 Å². The van der Waals surface area contributed by atoms with Crippen molar-refractivity contribution in [2.75, 3.05) is 11.1 Å². The molecule has 1 heterocycles. The molecule has 12 heteroatoms. The van der Waals surface area contributed by atoms with Gasteiger partial charge in [-0.05, 0) is 12.1 Å². The summed E-state index contributed by atoms with van der Waals surface area (Å²) < 4.78 is 55.4. The Morgan fingerprint density at radius 2 is 1.96 bits per heavy atom. The molecular weight excluding hydrogens is 352 g/mol. The highest BCUT2D eigenvalue weighted by molar-refractivity contribution is 5.94. The predicted molar refractivity (Wildman–Crippen MR) is 76.5 cm³/mol. The Labute approximate surface area is 136 Å². The minimum atomic E-state index is -5.14. The molecule has 3 N–H and O–H groups in total. The normalized spacial score (nSPS) is 11.0. The third-order valence-corrected chi connectivity index (χ3v) is 2.77. The van der Waals surface area contributed by atoms with E-state index in [9.17, 15) is 32.5 Å². The highest BCUT2D eigenvalue weighted by Crippen LogP contribution is 2.36. The van der Waals surface area contributed by atoms with Crippen molar-refractivity contribution >= 4 is 23.1 Å². The first kappa shape index (κ1) is 17.9. The lowest BCUT2D eigenvalue weighted by molar-refractivity contribution is -0.384. The van der Waals surface area contributed by atoms with Crippen LogP contribution in [-0.4, -0.2) is 22.0 Å². The fourth-order valence-corrected chi connectivity index (χ4v) is 1.70. The molecule has 1 aromatic carbocycles. The van der Waals surface area contributed by atoms with Crippen LogP contribution in [-0.2, 0) is 4.79 Å². The second-order valence-corrected chi connectivity index (χ2v) is 4.50. The molecular formula is C13H8F4N4O4.